The van der Waals surface area contributed by atoms with E-state index in [0.717, 1.165) is 0 Å². The van der Waals surface area contributed by atoms with E-state index >= 15 is 0 Å². The van der Waals surface area contributed by atoms with E-state index in [9.17, 15) is 52.7 Å². The van der Waals surface area contributed by atoms with Crippen LogP contribution in [0.3, 0.4) is 0 Å². The molecule has 0 saturated carbocycles. The van der Waals surface area contributed by atoms with Gasteiger partial charge in [-0.05, 0) is 12.8 Å². The average Bonchev–Trinajstić information content (AvgIpc) is 2.32. The lowest BCUT2D eigenvalue weighted by Crippen LogP contribution is -2.71. The SMILES string of the molecule is CCC(F)(C(F)(F)F)C(F)(F)C(F)(F)C(F)(CC)C(F)(F)F. The number of halogens is 12. The molecule has 0 aromatic carbocycles. The van der Waals surface area contributed by atoms with Gasteiger partial charge in [-0.25, -0.2) is 8.78 Å². The van der Waals surface area contributed by atoms with Crippen LogP contribution in [-0.4, -0.2) is 35.5 Å². The van der Waals surface area contributed by atoms with Crippen LogP contribution >= 0.6 is 0 Å². The van der Waals surface area contributed by atoms with E-state index in [1.807, 2.05) is 0 Å². The Labute approximate surface area is 116 Å². The van der Waals surface area contributed by atoms with Crippen molar-refractivity contribution < 1.29 is 52.7 Å². The van der Waals surface area contributed by atoms with Crippen LogP contribution in [-0.2, 0) is 0 Å². The molecule has 0 nitrogen and oxygen atoms in total. The number of hydrogen-bond acceptors (Lipinski definition) is 0. The Bertz CT molecular complexity index is 356. The Hall–Kier alpha value is -0.840. The van der Waals surface area contributed by atoms with Gasteiger partial charge in [0.15, 0.2) is 0 Å². The van der Waals surface area contributed by atoms with Gasteiger partial charge in [-0.15, -0.1) is 0 Å². The van der Waals surface area contributed by atoms with Gasteiger partial charge < -0.3 is 0 Å². The highest BCUT2D eigenvalue weighted by Crippen LogP contribution is 2.61. The van der Waals surface area contributed by atoms with Crippen LogP contribution in [0.1, 0.15) is 26.7 Å². The summed E-state index contributed by atoms with van der Waals surface area (Å²) in [5.74, 6) is -14.0. The molecule has 0 spiro atoms. The van der Waals surface area contributed by atoms with Crippen LogP contribution in [0.4, 0.5) is 52.7 Å². The van der Waals surface area contributed by atoms with Gasteiger partial charge in [-0.3, -0.25) is 0 Å². The Morgan fingerprint density at radius 2 is 0.636 bits per heavy atom. The smallest absolute Gasteiger partial charge is 0.227 e. The third kappa shape index (κ3) is 2.51. The third-order valence-corrected chi connectivity index (χ3v) is 3.26. The molecule has 0 aromatic rings. The van der Waals surface area contributed by atoms with Crippen molar-refractivity contribution in [3.05, 3.63) is 0 Å². The molecule has 0 rings (SSSR count). The molecule has 2 atom stereocenters. The fourth-order valence-electron chi connectivity index (χ4n) is 1.70. The molecule has 0 saturated heterocycles. The molecule has 0 aromatic heterocycles. The maximum Gasteiger partial charge on any atom is 0.428 e. The maximum atomic E-state index is 13.5. The number of hydrogen-bond donors (Lipinski definition) is 0. The summed E-state index contributed by atoms with van der Waals surface area (Å²) >= 11 is 0. The molecule has 2 unspecified atom stereocenters. The van der Waals surface area contributed by atoms with Crippen LogP contribution in [0, 0.1) is 0 Å². The van der Waals surface area contributed by atoms with Gasteiger partial charge in [0.25, 0.3) is 11.3 Å². The molecule has 0 amide bonds. The second kappa shape index (κ2) is 5.36. The molecule has 0 radical (unpaired) electrons. The Morgan fingerprint density at radius 3 is 0.727 bits per heavy atom. The monoisotopic (exact) mass is 358 g/mol. The summed E-state index contributed by atoms with van der Waals surface area (Å²) in [4.78, 5) is 0. The first-order valence-corrected chi connectivity index (χ1v) is 5.64. The Balaban J connectivity index is 6.39. The van der Waals surface area contributed by atoms with Gasteiger partial charge in [0.2, 0.25) is 0 Å². The summed E-state index contributed by atoms with van der Waals surface area (Å²) in [6, 6.07) is 0. The van der Waals surface area contributed by atoms with Gasteiger partial charge in [0.05, 0.1) is 0 Å². The molecule has 0 aliphatic rings. The summed E-state index contributed by atoms with van der Waals surface area (Å²) in [6.45, 7) is 0.133. The first-order valence-electron chi connectivity index (χ1n) is 5.64. The quantitative estimate of drug-likeness (QED) is 0.560. The van der Waals surface area contributed by atoms with Gasteiger partial charge in [0, 0.05) is 0 Å². The van der Waals surface area contributed by atoms with Crippen LogP contribution in [0.5, 0.6) is 0 Å². The van der Waals surface area contributed by atoms with E-state index in [2.05, 4.69) is 0 Å². The maximum absolute atomic E-state index is 13.5. The van der Waals surface area contributed by atoms with Crippen molar-refractivity contribution >= 4 is 0 Å². The van der Waals surface area contributed by atoms with E-state index in [-0.39, 0.29) is 13.8 Å². The van der Waals surface area contributed by atoms with E-state index in [1.54, 1.807) is 0 Å². The highest BCUT2D eigenvalue weighted by molar-refractivity contribution is 5.14. The predicted molar refractivity (Wildman–Crippen MR) is 50.3 cm³/mol. The highest BCUT2D eigenvalue weighted by atomic mass is 19.4. The topological polar surface area (TPSA) is 0 Å². The molecule has 22 heavy (non-hydrogen) atoms. The second-order valence-electron chi connectivity index (χ2n) is 4.45. The predicted octanol–water partition coefficient (Wildman–Crippen LogP) is 5.62. The molecule has 0 aliphatic heterocycles. The van der Waals surface area contributed by atoms with Crippen LogP contribution in [0.15, 0.2) is 0 Å². The van der Waals surface area contributed by atoms with E-state index in [1.165, 1.54) is 0 Å². The summed E-state index contributed by atoms with van der Waals surface area (Å²) in [7, 11) is 0. The van der Waals surface area contributed by atoms with Gasteiger partial charge in [-0.2, -0.15) is 43.9 Å². The summed E-state index contributed by atoms with van der Waals surface area (Å²) in [5.41, 5.74) is -12.1. The van der Waals surface area contributed by atoms with Gasteiger partial charge in [-0.1, -0.05) is 13.8 Å². The van der Waals surface area contributed by atoms with Crippen LogP contribution in [0.2, 0.25) is 0 Å². The van der Waals surface area contributed by atoms with Crippen molar-refractivity contribution in [3.8, 4) is 0 Å². The first kappa shape index (κ1) is 21.2. The van der Waals surface area contributed by atoms with Crippen LogP contribution in [0.25, 0.3) is 0 Å². The molecule has 0 aliphatic carbocycles. The van der Waals surface area contributed by atoms with Crippen LogP contribution < -0.4 is 0 Å². The van der Waals surface area contributed by atoms with E-state index < -0.39 is 48.4 Å². The number of alkyl halides is 12. The fourth-order valence-corrected chi connectivity index (χ4v) is 1.70. The molecule has 0 bridgehead atoms. The zero-order valence-corrected chi connectivity index (χ0v) is 10.9. The lowest BCUT2D eigenvalue weighted by atomic mass is 9.80. The zero-order valence-electron chi connectivity index (χ0n) is 10.9. The van der Waals surface area contributed by atoms with Crippen molar-refractivity contribution in [2.75, 3.05) is 0 Å². The Morgan fingerprint density at radius 1 is 0.455 bits per heavy atom. The zero-order chi connectivity index (χ0) is 18.4. The van der Waals surface area contributed by atoms with Crippen molar-refractivity contribution in [2.24, 2.45) is 0 Å². The third-order valence-electron chi connectivity index (χ3n) is 3.26. The lowest BCUT2D eigenvalue weighted by molar-refractivity contribution is -0.405. The molecular formula is C10H10F12. The standard InChI is InChI=1S/C10H10F12/c1-3-5(11,9(17,18)19)7(13,14)8(15,16)6(12,4-2)10(20,21)22/h3-4H2,1-2H3. The van der Waals surface area contributed by atoms with E-state index in [0.29, 0.717) is 0 Å². The Kier molecular flexibility index (Phi) is 5.15. The minimum absolute atomic E-state index is 0.0664. The molecular weight excluding hydrogens is 348 g/mol. The normalized spacial score (nSPS) is 20.5. The average molecular weight is 358 g/mol. The number of rotatable bonds is 5. The van der Waals surface area contributed by atoms with Crippen molar-refractivity contribution in [2.45, 2.75) is 62.2 Å². The minimum atomic E-state index is -6.99. The minimum Gasteiger partial charge on any atom is -0.227 e. The van der Waals surface area contributed by atoms with Crippen molar-refractivity contribution in [1.29, 1.82) is 0 Å². The van der Waals surface area contributed by atoms with Crippen molar-refractivity contribution in [3.63, 3.8) is 0 Å². The molecule has 134 valence electrons. The summed E-state index contributed by atoms with van der Waals surface area (Å²) in [5, 5.41) is 0. The first-order chi connectivity index (χ1) is 9.37. The van der Waals surface area contributed by atoms with Gasteiger partial charge in [0.1, 0.15) is 0 Å². The molecule has 0 fully saturated rings. The van der Waals surface area contributed by atoms with Crippen molar-refractivity contribution in [1.82, 2.24) is 0 Å². The fraction of sp³-hybridized carbons (Fsp3) is 1.00. The lowest BCUT2D eigenvalue weighted by Gasteiger charge is -2.43. The molecule has 12 heteroatoms. The second-order valence-corrected chi connectivity index (χ2v) is 4.45. The summed E-state index contributed by atoms with van der Waals surface area (Å²) < 4.78 is 154. The summed E-state index contributed by atoms with van der Waals surface area (Å²) in [6.07, 6.45) is -18.0. The molecule has 0 heterocycles. The van der Waals surface area contributed by atoms with Gasteiger partial charge >= 0.3 is 24.2 Å². The largest absolute Gasteiger partial charge is 0.428 e. The van der Waals surface area contributed by atoms with E-state index in [4.69, 9.17) is 0 Å². The highest BCUT2D eigenvalue weighted by Gasteiger charge is 2.87. The molecule has 0 N–H and O–H groups in total.